The second kappa shape index (κ2) is 15.4. The normalized spacial score (nSPS) is 33.3. The number of ether oxygens (including phenoxy) is 1. The first kappa shape index (κ1) is 38.3. The summed E-state index contributed by atoms with van der Waals surface area (Å²) in [7, 11) is 1.99. The fraction of sp³-hybridized carbons (Fsp3) is 0.600. The third kappa shape index (κ3) is 7.28. The Morgan fingerprint density at radius 1 is 1.09 bits per heavy atom. The summed E-state index contributed by atoms with van der Waals surface area (Å²) in [5, 5.41) is 44.3. The number of aliphatic hydroxyl groups is 3. The van der Waals surface area contributed by atoms with Crippen molar-refractivity contribution in [2.45, 2.75) is 89.9 Å². The molecule has 0 radical (unpaired) electrons. The Kier molecular flexibility index (Phi) is 12.8. The Bertz CT molecular complexity index is 1360. The molecule has 10 nitrogen and oxygen atoms in total. The minimum atomic E-state index is -1.72. The molecule has 3 saturated carbocycles. The molecule has 0 aliphatic heterocycles. The van der Waals surface area contributed by atoms with Crippen LogP contribution in [0.2, 0.25) is 0 Å². The van der Waals surface area contributed by atoms with E-state index in [0.29, 0.717) is 25.3 Å². The van der Waals surface area contributed by atoms with Crippen molar-refractivity contribution in [1.29, 1.82) is 0 Å². The van der Waals surface area contributed by atoms with Gasteiger partial charge in [0.2, 0.25) is 0 Å². The van der Waals surface area contributed by atoms with Crippen LogP contribution in [0.4, 0.5) is 0 Å². The predicted octanol–water partition coefficient (Wildman–Crippen LogP) is 2.48. The van der Waals surface area contributed by atoms with Crippen LogP contribution in [-0.2, 0) is 30.3 Å². The third-order valence-electron chi connectivity index (χ3n) is 11.0. The summed E-state index contributed by atoms with van der Waals surface area (Å²) in [4.78, 5) is 48.2. The molecular formula is C35H48NNaO9. The van der Waals surface area contributed by atoms with Crippen molar-refractivity contribution in [3.63, 3.8) is 0 Å². The monoisotopic (exact) mass is 649 g/mol. The first-order chi connectivity index (χ1) is 21.2. The number of likely N-dealkylation sites (N-methyl/N-ethyl adjacent to an activating group) is 1. The molecule has 1 aromatic rings. The molecule has 0 amide bonds. The van der Waals surface area contributed by atoms with Gasteiger partial charge >= 0.3 is 41.5 Å². The zero-order valence-electron chi connectivity index (χ0n) is 26.6. The molecule has 0 saturated heterocycles. The Labute approximate surface area is 293 Å². The van der Waals surface area contributed by atoms with Gasteiger partial charge in [0, 0.05) is 23.5 Å². The number of Topliss-reactive ketones (excluding diaryl/α,β-unsaturated/α-hetero) is 1. The summed E-state index contributed by atoms with van der Waals surface area (Å²) in [6, 6.07) is 11.1. The van der Waals surface area contributed by atoms with Gasteiger partial charge in [0.25, 0.3) is 0 Å². The van der Waals surface area contributed by atoms with Gasteiger partial charge in [-0.25, -0.2) is 0 Å². The van der Waals surface area contributed by atoms with Crippen molar-refractivity contribution < 1.29 is 44.3 Å². The summed E-state index contributed by atoms with van der Waals surface area (Å²) in [6.45, 7) is 5.06. The molecule has 0 bridgehead atoms. The Balaban J connectivity index is 0.000000408. The number of rotatable bonds is 9. The molecule has 248 valence electrons. The molecule has 1 aromatic carbocycles. The number of carbonyl (C=O) groups is 4. The molecule has 4 aliphatic carbocycles. The predicted molar refractivity (Wildman–Crippen MR) is 173 cm³/mol. The quantitative estimate of drug-likeness (QED) is 0.198. The number of carbonyl (C=O) groups excluding carboxylic acids is 3. The van der Waals surface area contributed by atoms with Crippen LogP contribution in [0.1, 0.15) is 71.3 Å². The summed E-state index contributed by atoms with van der Waals surface area (Å²) in [5.41, 5.74) is -1.45. The number of ketones is 2. The van der Waals surface area contributed by atoms with Crippen molar-refractivity contribution in [1.82, 2.24) is 5.32 Å². The number of nitrogens with one attached hydrogen (secondary N) is 1. The van der Waals surface area contributed by atoms with Crippen molar-refractivity contribution >= 4 is 53.1 Å². The second-order valence-corrected chi connectivity index (χ2v) is 13.5. The maximum atomic E-state index is 12.5. The summed E-state index contributed by atoms with van der Waals surface area (Å²) < 4.78 is 5.56. The molecule has 3 fully saturated rings. The Morgan fingerprint density at radius 3 is 2.37 bits per heavy atom. The number of aliphatic carboxylic acids is 1. The first-order valence-corrected chi connectivity index (χ1v) is 15.9. The zero-order chi connectivity index (χ0) is 33.2. The molecule has 0 spiro atoms. The second-order valence-electron chi connectivity index (χ2n) is 13.5. The van der Waals surface area contributed by atoms with Crippen molar-refractivity contribution in [3.05, 3.63) is 59.4 Å². The van der Waals surface area contributed by atoms with Gasteiger partial charge in [-0.3, -0.25) is 19.2 Å². The van der Waals surface area contributed by atoms with E-state index in [1.54, 1.807) is 6.92 Å². The van der Waals surface area contributed by atoms with Crippen LogP contribution >= 0.6 is 0 Å². The van der Waals surface area contributed by atoms with Gasteiger partial charge in [0.1, 0.15) is 18.0 Å². The van der Waals surface area contributed by atoms with E-state index in [-0.39, 0.29) is 72.2 Å². The number of benzene rings is 1. The molecule has 11 heteroatoms. The van der Waals surface area contributed by atoms with Crippen molar-refractivity contribution in [2.75, 3.05) is 13.7 Å². The standard InChI is InChI=1S/C25H32O9.C10H15N.Na.H/c1-23-11-17(28)22-15(16(23)7-8-25(23,33)18(29)12-26)4-3-13-9-14(27)10-19(24(13,22)2)34-21(32)6-5-20(30)31;1-9(11-2)8-10-6-4-3-5-7-10;;/h9-10,15-17,22,26,28,33H,3-8,11-12H2,1-2H3,(H,30,31);3-7,9,11H,8H2,1-2H3;;/t15-,16-,17-,22+,23-,24+,25-;;;/m0.../s1. The van der Waals surface area contributed by atoms with Gasteiger partial charge in [0.15, 0.2) is 11.6 Å². The minimum absolute atomic E-state index is 0. The number of allylic oxidation sites excluding steroid dienone is 3. The summed E-state index contributed by atoms with van der Waals surface area (Å²) in [6.07, 6.45) is 4.21. The van der Waals surface area contributed by atoms with Crippen LogP contribution in [0.3, 0.4) is 0 Å². The van der Waals surface area contributed by atoms with Crippen LogP contribution in [0, 0.1) is 28.6 Å². The number of hydrogen-bond acceptors (Lipinski definition) is 9. The van der Waals surface area contributed by atoms with Crippen LogP contribution in [0.5, 0.6) is 0 Å². The molecule has 5 rings (SSSR count). The summed E-state index contributed by atoms with van der Waals surface area (Å²) in [5.74, 6) is -3.40. The van der Waals surface area contributed by atoms with Crippen LogP contribution in [0.15, 0.2) is 53.8 Å². The Morgan fingerprint density at radius 2 is 1.76 bits per heavy atom. The fourth-order valence-electron chi connectivity index (χ4n) is 8.58. The van der Waals surface area contributed by atoms with Crippen LogP contribution in [0.25, 0.3) is 0 Å². The van der Waals surface area contributed by atoms with Gasteiger partial charge in [-0.05, 0) is 82.9 Å². The van der Waals surface area contributed by atoms with Gasteiger partial charge in [-0.1, -0.05) is 42.8 Å². The topological polar surface area (TPSA) is 170 Å². The third-order valence-corrected chi connectivity index (χ3v) is 11.0. The van der Waals surface area contributed by atoms with Gasteiger partial charge < -0.3 is 30.5 Å². The van der Waals surface area contributed by atoms with Crippen molar-refractivity contribution in [2.24, 2.45) is 28.6 Å². The van der Waals surface area contributed by atoms with Crippen LogP contribution in [-0.4, -0.2) is 105 Å². The molecule has 0 heterocycles. The zero-order valence-corrected chi connectivity index (χ0v) is 26.6. The number of aliphatic hydroxyl groups excluding tert-OH is 2. The molecular weight excluding hydrogens is 601 g/mol. The van der Waals surface area contributed by atoms with Crippen molar-refractivity contribution in [3.8, 4) is 0 Å². The van der Waals surface area contributed by atoms with E-state index in [1.807, 2.05) is 20.0 Å². The summed E-state index contributed by atoms with van der Waals surface area (Å²) >= 11 is 0. The molecule has 5 N–H and O–H groups in total. The van der Waals surface area contributed by atoms with E-state index < -0.39 is 59.2 Å². The molecule has 8 atom stereocenters. The van der Waals surface area contributed by atoms with E-state index in [0.717, 1.165) is 12.0 Å². The first-order valence-electron chi connectivity index (χ1n) is 15.9. The Hall–Kier alpha value is -2.18. The van der Waals surface area contributed by atoms with Crippen LogP contribution < -0.4 is 5.32 Å². The maximum absolute atomic E-state index is 12.5. The number of fused-ring (bicyclic) bond motifs is 5. The number of carboxylic acids is 1. The van der Waals surface area contributed by atoms with E-state index >= 15 is 0 Å². The molecule has 46 heavy (non-hydrogen) atoms. The molecule has 0 aromatic heterocycles. The van der Waals surface area contributed by atoms with Gasteiger partial charge in [-0.2, -0.15) is 0 Å². The molecule has 4 aliphatic rings. The fourth-order valence-corrected chi connectivity index (χ4v) is 8.58. The van der Waals surface area contributed by atoms with Gasteiger partial charge in [-0.15, -0.1) is 0 Å². The number of carboxylic acid groups (broad SMARTS) is 1. The van der Waals surface area contributed by atoms with Gasteiger partial charge in [0.05, 0.1) is 24.4 Å². The molecule has 1 unspecified atom stereocenters. The number of hydrogen-bond donors (Lipinski definition) is 5. The van der Waals surface area contributed by atoms with E-state index in [2.05, 4.69) is 36.5 Å². The average Bonchev–Trinajstić information content (AvgIpc) is 3.27. The van der Waals surface area contributed by atoms with E-state index in [9.17, 15) is 34.5 Å². The van der Waals surface area contributed by atoms with E-state index in [1.165, 1.54) is 17.7 Å². The van der Waals surface area contributed by atoms with E-state index in [4.69, 9.17) is 9.84 Å². The SMILES string of the molecule is CNC(C)Cc1ccccc1.C[C@@]12C(=CC(=O)C=C1OC(=O)CCC(=O)O)CC[C@@H]1[C@@H]2[C@@H](O)C[C@@]2(C)[C@H]1CC[C@]2(O)C(=O)CO.[NaH]. The average molecular weight is 650 g/mol. The number of esters is 1.